The van der Waals surface area contributed by atoms with E-state index < -0.39 is 0 Å². The van der Waals surface area contributed by atoms with Crippen LogP contribution in [0.25, 0.3) is 0 Å². The summed E-state index contributed by atoms with van der Waals surface area (Å²) in [6, 6.07) is 7.30. The fourth-order valence-electron chi connectivity index (χ4n) is 1.48. The lowest BCUT2D eigenvalue weighted by atomic mass is 10.2. The van der Waals surface area contributed by atoms with Gasteiger partial charge in [-0.05, 0) is 24.6 Å². The van der Waals surface area contributed by atoms with Crippen LogP contribution in [0.4, 0.5) is 5.69 Å². The normalized spacial score (nSPS) is 10.3. The van der Waals surface area contributed by atoms with Crippen LogP contribution in [0, 0.1) is 0 Å². The summed E-state index contributed by atoms with van der Waals surface area (Å²) in [6.45, 7) is 2.95. The van der Waals surface area contributed by atoms with Gasteiger partial charge in [-0.15, -0.1) is 0 Å². The van der Waals surface area contributed by atoms with E-state index in [2.05, 4.69) is 0 Å². The summed E-state index contributed by atoms with van der Waals surface area (Å²) in [5.41, 5.74) is 1.59. The van der Waals surface area contributed by atoms with Crippen LogP contribution in [0.3, 0.4) is 0 Å². The molecule has 1 rings (SSSR count). The Kier molecular flexibility index (Phi) is 5.66. The molecule has 0 radical (unpaired) electrons. The molecule has 1 aromatic carbocycles. The number of anilines is 1. The summed E-state index contributed by atoms with van der Waals surface area (Å²) in [5.74, 6) is 0.00791. The molecule has 0 aliphatic heterocycles. The van der Waals surface area contributed by atoms with E-state index in [-0.39, 0.29) is 12.5 Å². The number of aliphatic hydroxyl groups is 1. The molecule has 0 aliphatic carbocycles. The zero-order valence-electron chi connectivity index (χ0n) is 10.3. The Labute approximate surface area is 102 Å². The summed E-state index contributed by atoms with van der Waals surface area (Å²) < 4.78 is 5.15. The second kappa shape index (κ2) is 7.04. The van der Waals surface area contributed by atoms with E-state index in [1.54, 1.807) is 18.0 Å². The van der Waals surface area contributed by atoms with E-state index >= 15 is 0 Å². The van der Waals surface area contributed by atoms with E-state index in [0.717, 1.165) is 11.3 Å². The number of amides is 1. The van der Waals surface area contributed by atoms with Gasteiger partial charge in [-0.25, -0.2) is 0 Å². The maximum Gasteiger partial charge on any atom is 0.229 e. The third kappa shape index (κ3) is 4.17. The lowest BCUT2D eigenvalue weighted by Gasteiger charge is -2.18. The predicted octanol–water partition coefficient (Wildman–Crippen LogP) is 1.57. The first-order valence-corrected chi connectivity index (χ1v) is 5.73. The van der Waals surface area contributed by atoms with Crippen molar-refractivity contribution < 1.29 is 14.6 Å². The number of benzene rings is 1. The van der Waals surface area contributed by atoms with Crippen molar-refractivity contribution in [3.05, 3.63) is 29.8 Å². The van der Waals surface area contributed by atoms with Crippen LogP contribution >= 0.6 is 0 Å². The van der Waals surface area contributed by atoms with Crippen LogP contribution in [-0.2, 0) is 16.1 Å². The van der Waals surface area contributed by atoms with Gasteiger partial charge in [0.05, 0.1) is 19.6 Å². The van der Waals surface area contributed by atoms with Crippen LogP contribution in [0.15, 0.2) is 24.3 Å². The highest BCUT2D eigenvalue weighted by atomic mass is 16.5. The van der Waals surface area contributed by atoms with Crippen LogP contribution < -0.4 is 4.90 Å². The molecule has 0 saturated heterocycles. The SMILES string of the molecule is CCOCCC(=O)N(C)c1cccc(CO)c1. The minimum Gasteiger partial charge on any atom is -0.392 e. The summed E-state index contributed by atoms with van der Waals surface area (Å²) in [4.78, 5) is 13.4. The number of hydrogen-bond donors (Lipinski definition) is 1. The topological polar surface area (TPSA) is 49.8 Å². The number of rotatable bonds is 6. The van der Waals surface area contributed by atoms with Gasteiger partial charge in [0.1, 0.15) is 0 Å². The van der Waals surface area contributed by atoms with Crippen LogP contribution in [0.1, 0.15) is 18.9 Å². The molecule has 17 heavy (non-hydrogen) atoms. The first kappa shape index (κ1) is 13.7. The highest BCUT2D eigenvalue weighted by molar-refractivity contribution is 5.92. The standard InChI is InChI=1S/C13H19NO3/c1-3-17-8-7-13(16)14(2)12-6-4-5-11(9-12)10-15/h4-6,9,15H,3,7-8,10H2,1-2H3. The van der Waals surface area contributed by atoms with Crippen LogP contribution in [0.2, 0.25) is 0 Å². The summed E-state index contributed by atoms with van der Waals surface area (Å²) >= 11 is 0. The summed E-state index contributed by atoms with van der Waals surface area (Å²) in [5, 5.41) is 9.03. The van der Waals surface area contributed by atoms with E-state index in [4.69, 9.17) is 9.84 Å². The number of carbonyl (C=O) groups is 1. The largest absolute Gasteiger partial charge is 0.392 e. The molecule has 94 valence electrons. The highest BCUT2D eigenvalue weighted by Crippen LogP contribution is 2.15. The molecule has 0 bridgehead atoms. The molecule has 0 saturated carbocycles. The first-order chi connectivity index (χ1) is 8.19. The Bertz CT molecular complexity index is 365. The third-order valence-corrected chi connectivity index (χ3v) is 2.52. The van der Waals surface area contributed by atoms with Gasteiger partial charge in [-0.1, -0.05) is 12.1 Å². The first-order valence-electron chi connectivity index (χ1n) is 5.73. The van der Waals surface area contributed by atoms with Gasteiger partial charge in [-0.3, -0.25) is 4.79 Å². The Balaban J connectivity index is 2.61. The van der Waals surface area contributed by atoms with E-state index in [0.29, 0.717) is 19.6 Å². The molecule has 0 heterocycles. The second-order valence-electron chi connectivity index (χ2n) is 3.73. The molecule has 0 unspecified atom stereocenters. The van der Waals surface area contributed by atoms with Gasteiger partial charge < -0.3 is 14.7 Å². The quantitative estimate of drug-likeness (QED) is 0.764. The fourth-order valence-corrected chi connectivity index (χ4v) is 1.48. The molecule has 4 heteroatoms. The molecular formula is C13H19NO3. The molecule has 0 spiro atoms. The Morgan fingerprint density at radius 1 is 1.47 bits per heavy atom. The van der Waals surface area contributed by atoms with E-state index in [1.165, 1.54) is 0 Å². The third-order valence-electron chi connectivity index (χ3n) is 2.52. The van der Waals surface area contributed by atoms with Crippen molar-refractivity contribution in [2.45, 2.75) is 20.0 Å². The monoisotopic (exact) mass is 237 g/mol. The molecule has 4 nitrogen and oxygen atoms in total. The molecular weight excluding hydrogens is 218 g/mol. The van der Waals surface area contributed by atoms with Gasteiger partial charge in [0.25, 0.3) is 0 Å². The van der Waals surface area contributed by atoms with Crippen molar-refractivity contribution in [3.63, 3.8) is 0 Å². The minimum atomic E-state index is -0.0190. The molecule has 0 aromatic heterocycles. The molecule has 1 N–H and O–H groups in total. The molecule has 1 amide bonds. The molecule has 0 atom stereocenters. The van der Waals surface area contributed by atoms with Gasteiger partial charge in [-0.2, -0.15) is 0 Å². The molecule has 0 aliphatic rings. The number of aliphatic hydroxyl groups excluding tert-OH is 1. The van der Waals surface area contributed by atoms with E-state index in [9.17, 15) is 4.79 Å². The predicted molar refractivity (Wildman–Crippen MR) is 66.9 cm³/mol. The minimum absolute atomic E-state index is 0.00791. The van der Waals surface area contributed by atoms with Crippen LogP contribution in [-0.4, -0.2) is 31.3 Å². The summed E-state index contributed by atoms with van der Waals surface area (Å²) in [7, 11) is 1.73. The van der Waals surface area contributed by atoms with Crippen molar-refractivity contribution in [2.24, 2.45) is 0 Å². The summed E-state index contributed by atoms with van der Waals surface area (Å²) in [6.07, 6.45) is 0.369. The second-order valence-corrected chi connectivity index (χ2v) is 3.73. The number of carbonyl (C=O) groups excluding carboxylic acids is 1. The number of nitrogens with zero attached hydrogens (tertiary/aromatic N) is 1. The smallest absolute Gasteiger partial charge is 0.229 e. The molecule has 1 aromatic rings. The molecule has 0 fully saturated rings. The maximum atomic E-state index is 11.8. The van der Waals surface area contributed by atoms with Gasteiger partial charge in [0, 0.05) is 19.3 Å². The zero-order valence-corrected chi connectivity index (χ0v) is 10.3. The average Bonchev–Trinajstić information content (AvgIpc) is 2.38. The van der Waals surface area contributed by atoms with Crippen molar-refractivity contribution in [1.82, 2.24) is 0 Å². The number of hydrogen-bond acceptors (Lipinski definition) is 3. The zero-order chi connectivity index (χ0) is 12.7. The maximum absolute atomic E-state index is 11.8. The van der Waals surface area contributed by atoms with E-state index in [1.807, 2.05) is 25.1 Å². The Morgan fingerprint density at radius 3 is 2.88 bits per heavy atom. The van der Waals surface area contributed by atoms with Crippen molar-refractivity contribution in [2.75, 3.05) is 25.2 Å². The Morgan fingerprint density at radius 2 is 2.24 bits per heavy atom. The number of ether oxygens (including phenoxy) is 1. The van der Waals surface area contributed by atoms with Crippen molar-refractivity contribution in [1.29, 1.82) is 0 Å². The van der Waals surface area contributed by atoms with Gasteiger partial charge >= 0.3 is 0 Å². The highest BCUT2D eigenvalue weighted by Gasteiger charge is 2.10. The average molecular weight is 237 g/mol. The lowest BCUT2D eigenvalue weighted by molar-refractivity contribution is -0.119. The lowest BCUT2D eigenvalue weighted by Crippen LogP contribution is -2.27. The fraction of sp³-hybridized carbons (Fsp3) is 0.462. The Hall–Kier alpha value is -1.39. The van der Waals surface area contributed by atoms with Crippen LogP contribution in [0.5, 0.6) is 0 Å². The van der Waals surface area contributed by atoms with Gasteiger partial charge in [0.15, 0.2) is 0 Å². The van der Waals surface area contributed by atoms with Crippen molar-refractivity contribution >= 4 is 11.6 Å². The van der Waals surface area contributed by atoms with Gasteiger partial charge in [0.2, 0.25) is 5.91 Å². The van der Waals surface area contributed by atoms with Crippen molar-refractivity contribution in [3.8, 4) is 0 Å².